The van der Waals surface area contributed by atoms with Crippen molar-refractivity contribution in [1.29, 1.82) is 0 Å². The van der Waals surface area contributed by atoms with Gasteiger partial charge in [0.05, 0.1) is 16.7 Å². The summed E-state index contributed by atoms with van der Waals surface area (Å²) in [4.78, 5) is 12.6. The van der Waals surface area contributed by atoms with E-state index in [0.29, 0.717) is 0 Å². The van der Waals surface area contributed by atoms with Crippen LogP contribution in [-0.2, 0) is 9.05 Å². The molecule has 106 valence electrons. The van der Waals surface area contributed by atoms with Crippen LogP contribution in [0.15, 0.2) is 11.2 Å². The molecule has 1 aromatic heterocycles. The van der Waals surface area contributed by atoms with Crippen LogP contribution in [0.4, 0.5) is 18.9 Å². The van der Waals surface area contributed by atoms with Crippen molar-refractivity contribution >= 4 is 25.4 Å². The Bertz CT molecular complexity index is 630. The summed E-state index contributed by atoms with van der Waals surface area (Å²) in [6.07, 6.45) is -4.91. The summed E-state index contributed by atoms with van der Waals surface area (Å²) in [5.74, 6) is -1.22. The van der Waals surface area contributed by atoms with Crippen molar-refractivity contribution in [2.45, 2.75) is 18.3 Å². The highest BCUT2D eigenvalue weighted by Gasteiger charge is 2.37. The molecule has 0 aliphatic heterocycles. The lowest BCUT2D eigenvalue weighted by Crippen LogP contribution is -2.19. The molecule has 1 aromatic rings. The molecular weight excluding hydrogens is 317 g/mol. The van der Waals surface area contributed by atoms with E-state index < -0.39 is 42.4 Å². The predicted molar refractivity (Wildman–Crippen MR) is 55.4 cm³/mol. The second-order valence-electron chi connectivity index (χ2n) is 3.14. The molecule has 0 saturated carbocycles. The SMILES string of the molecule is Cc1c(S(=O)(=O)Cl)ncc(OC(F)(F)F)c1[N+](=O)[O-]. The summed E-state index contributed by atoms with van der Waals surface area (Å²) in [6, 6.07) is 0. The number of alkyl halides is 3. The van der Waals surface area contributed by atoms with Gasteiger partial charge in [0, 0.05) is 10.7 Å². The molecule has 1 heterocycles. The van der Waals surface area contributed by atoms with E-state index in [9.17, 15) is 31.7 Å². The van der Waals surface area contributed by atoms with E-state index in [1.54, 1.807) is 0 Å². The Labute approximate surface area is 108 Å². The molecule has 0 aliphatic rings. The number of pyridine rings is 1. The lowest BCUT2D eigenvalue weighted by Gasteiger charge is -2.10. The van der Waals surface area contributed by atoms with Gasteiger partial charge >= 0.3 is 12.0 Å². The number of aromatic nitrogens is 1. The van der Waals surface area contributed by atoms with Gasteiger partial charge in [-0.25, -0.2) is 13.4 Å². The molecule has 0 N–H and O–H groups in total. The van der Waals surface area contributed by atoms with Crippen molar-refractivity contribution < 1.29 is 31.2 Å². The van der Waals surface area contributed by atoms with Gasteiger partial charge in [0.2, 0.25) is 5.75 Å². The van der Waals surface area contributed by atoms with Crippen LogP contribution in [0, 0.1) is 17.0 Å². The Hall–Kier alpha value is -1.62. The Balaban J connectivity index is 3.54. The molecule has 0 saturated heterocycles. The van der Waals surface area contributed by atoms with Gasteiger partial charge in [-0.05, 0) is 6.92 Å². The van der Waals surface area contributed by atoms with Gasteiger partial charge in [-0.2, -0.15) is 0 Å². The summed E-state index contributed by atoms with van der Waals surface area (Å²) < 4.78 is 61.6. The van der Waals surface area contributed by atoms with E-state index in [1.807, 2.05) is 0 Å². The summed E-state index contributed by atoms with van der Waals surface area (Å²) in [7, 11) is 0.520. The van der Waals surface area contributed by atoms with Gasteiger partial charge < -0.3 is 4.74 Å². The maximum Gasteiger partial charge on any atom is 0.573 e. The van der Waals surface area contributed by atoms with Crippen LogP contribution in [0.5, 0.6) is 5.75 Å². The molecule has 0 spiro atoms. The first-order valence-corrected chi connectivity index (χ1v) is 6.59. The average molecular weight is 321 g/mol. The van der Waals surface area contributed by atoms with Gasteiger partial charge in [0.15, 0.2) is 5.03 Å². The molecule has 0 unspecified atom stereocenters. The molecule has 12 heteroatoms. The topological polar surface area (TPSA) is 99.4 Å². The smallest absolute Gasteiger partial charge is 0.397 e. The lowest BCUT2D eigenvalue weighted by molar-refractivity contribution is -0.389. The number of ether oxygens (including phenoxy) is 1. The molecule has 0 aromatic carbocycles. The van der Waals surface area contributed by atoms with E-state index in [4.69, 9.17) is 10.7 Å². The van der Waals surface area contributed by atoms with Crippen LogP contribution in [0.3, 0.4) is 0 Å². The highest BCUT2D eigenvalue weighted by molar-refractivity contribution is 8.13. The Morgan fingerprint density at radius 3 is 2.37 bits per heavy atom. The second-order valence-corrected chi connectivity index (χ2v) is 5.63. The van der Waals surface area contributed by atoms with E-state index in [1.165, 1.54) is 0 Å². The number of hydrogen-bond acceptors (Lipinski definition) is 6. The molecule has 0 atom stereocenters. The summed E-state index contributed by atoms with van der Waals surface area (Å²) in [6.45, 7) is 0.892. The minimum Gasteiger partial charge on any atom is -0.397 e. The number of nitrogens with zero attached hydrogens (tertiary/aromatic N) is 2. The molecule has 1 rings (SSSR count). The highest BCUT2D eigenvalue weighted by Crippen LogP contribution is 2.36. The minimum absolute atomic E-state index is 0.272. The Kier molecular flexibility index (Phi) is 3.91. The maximum atomic E-state index is 12.0. The molecule has 0 aliphatic carbocycles. The quantitative estimate of drug-likeness (QED) is 0.480. The zero-order chi connectivity index (χ0) is 15.0. The molecule has 0 amide bonds. The first-order chi connectivity index (χ1) is 8.43. The first kappa shape index (κ1) is 15.4. The molecule has 0 radical (unpaired) electrons. The second kappa shape index (κ2) is 4.81. The molecule has 7 nitrogen and oxygen atoms in total. The van der Waals surface area contributed by atoms with Crippen molar-refractivity contribution in [2.24, 2.45) is 0 Å². The van der Waals surface area contributed by atoms with Crippen LogP contribution in [0.2, 0.25) is 0 Å². The molecule has 19 heavy (non-hydrogen) atoms. The van der Waals surface area contributed by atoms with E-state index in [0.717, 1.165) is 6.92 Å². The van der Waals surface area contributed by atoms with Crippen molar-refractivity contribution in [3.63, 3.8) is 0 Å². The monoisotopic (exact) mass is 320 g/mol. The van der Waals surface area contributed by atoms with Gasteiger partial charge in [0.25, 0.3) is 9.05 Å². The fraction of sp³-hybridized carbons (Fsp3) is 0.286. The zero-order valence-corrected chi connectivity index (χ0v) is 10.5. The van der Waals surface area contributed by atoms with Crippen LogP contribution in [0.25, 0.3) is 0 Å². The molecular formula is C7H4ClF3N2O5S. The van der Waals surface area contributed by atoms with Crippen molar-refractivity contribution in [1.82, 2.24) is 4.98 Å². The number of nitro groups is 1. The minimum atomic E-state index is -5.18. The first-order valence-electron chi connectivity index (χ1n) is 4.28. The summed E-state index contributed by atoms with van der Waals surface area (Å²) in [5, 5.41) is 9.79. The number of hydrogen-bond donors (Lipinski definition) is 0. The van der Waals surface area contributed by atoms with Crippen LogP contribution in [-0.4, -0.2) is 24.7 Å². The predicted octanol–water partition coefficient (Wildman–Crippen LogP) is 2.12. The third-order valence-electron chi connectivity index (χ3n) is 1.85. The number of halogens is 4. The third-order valence-corrected chi connectivity index (χ3v) is 3.16. The standard InChI is InChI=1S/C7H4ClF3N2O5S/c1-3-5(13(14)15)4(18-7(9,10)11)2-12-6(3)19(8,16)17/h2H,1H3. The molecule has 0 bridgehead atoms. The van der Waals surface area contributed by atoms with Crippen molar-refractivity contribution in [3.8, 4) is 5.75 Å². The summed E-state index contributed by atoms with van der Waals surface area (Å²) >= 11 is 0. The normalized spacial score (nSPS) is 12.3. The highest BCUT2D eigenvalue weighted by atomic mass is 35.7. The lowest BCUT2D eigenvalue weighted by atomic mass is 10.2. The number of rotatable bonds is 3. The maximum absolute atomic E-state index is 12.0. The fourth-order valence-electron chi connectivity index (χ4n) is 1.23. The largest absolute Gasteiger partial charge is 0.573 e. The van der Waals surface area contributed by atoms with E-state index in [2.05, 4.69) is 9.72 Å². The third kappa shape index (κ3) is 3.67. The van der Waals surface area contributed by atoms with Crippen molar-refractivity contribution in [3.05, 3.63) is 21.9 Å². The van der Waals surface area contributed by atoms with Gasteiger partial charge in [-0.3, -0.25) is 10.1 Å². The van der Waals surface area contributed by atoms with Crippen LogP contribution >= 0.6 is 10.7 Å². The van der Waals surface area contributed by atoms with Crippen LogP contribution in [0.1, 0.15) is 5.56 Å². The zero-order valence-electron chi connectivity index (χ0n) is 8.93. The Morgan fingerprint density at radius 1 is 1.47 bits per heavy atom. The van der Waals surface area contributed by atoms with E-state index >= 15 is 0 Å². The average Bonchev–Trinajstić information content (AvgIpc) is 2.11. The Morgan fingerprint density at radius 2 is 2.00 bits per heavy atom. The molecule has 0 fully saturated rings. The van der Waals surface area contributed by atoms with Gasteiger partial charge in [-0.1, -0.05) is 0 Å². The fourth-order valence-corrected chi connectivity index (χ4v) is 2.34. The van der Waals surface area contributed by atoms with Crippen molar-refractivity contribution in [2.75, 3.05) is 0 Å². The van der Waals surface area contributed by atoms with Gasteiger partial charge in [-0.15, -0.1) is 13.2 Å². The van der Waals surface area contributed by atoms with Crippen LogP contribution < -0.4 is 4.74 Å². The van der Waals surface area contributed by atoms with E-state index in [-0.39, 0.29) is 6.20 Å². The van der Waals surface area contributed by atoms with Gasteiger partial charge in [0.1, 0.15) is 0 Å². The summed E-state index contributed by atoms with van der Waals surface area (Å²) in [5.41, 5.74) is -1.83.